The summed E-state index contributed by atoms with van der Waals surface area (Å²) in [6.07, 6.45) is 1.00. The van der Waals surface area contributed by atoms with Gasteiger partial charge in [-0.3, -0.25) is 4.79 Å². The van der Waals surface area contributed by atoms with E-state index in [0.29, 0.717) is 5.69 Å². The minimum atomic E-state index is -0.0230. The van der Waals surface area contributed by atoms with Gasteiger partial charge in [-0.15, -0.1) is 0 Å². The standard InChI is InChI=1S/C15H20N2OS/c1-3-19-9-8-11(2)16-15(18)14-10-12-6-4-5-7-13(12)17-14/h4-7,10-11,17H,3,8-9H2,1-2H3,(H,16,18). The van der Waals surface area contributed by atoms with Crippen molar-refractivity contribution in [1.29, 1.82) is 0 Å². The Labute approximate surface area is 118 Å². The Balaban J connectivity index is 1.95. The molecular weight excluding hydrogens is 256 g/mol. The van der Waals surface area contributed by atoms with Gasteiger partial charge < -0.3 is 10.3 Å². The molecule has 0 saturated carbocycles. The molecule has 2 N–H and O–H groups in total. The van der Waals surface area contributed by atoms with Gasteiger partial charge >= 0.3 is 0 Å². The summed E-state index contributed by atoms with van der Waals surface area (Å²) in [7, 11) is 0. The second-order valence-electron chi connectivity index (χ2n) is 4.63. The van der Waals surface area contributed by atoms with Crippen LogP contribution in [0.1, 0.15) is 30.8 Å². The van der Waals surface area contributed by atoms with Crippen molar-refractivity contribution in [3.63, 3.8) is 0 Å². The number of carbonyl (C=O) groups is 1. The van der Waals surface area contributed by atoms with Crippen molar-refractivity contribution >= 4 is 28.6 Å². The largest absolute Gasteiger partial charge is 0.351 e. The molecule has 2 aromatic rings. The van der Waals surface area contributed by atoms with E-state index in [-0.39, 0.29) is 11.9 Å². The maximum atomic E-state index is 12.1. The van der Waals surface area contributed by atoms with E-state index in [1.165, 1.54) is 0 Å². The molecule has 1 aromatic heterocycles. The van der Waals surface area contributed by atoms with E-state index >= 15 is 0 Å². The third kappa shape index (κ3) is 3.77. The van der Waals surface area contributed by atoms with E-state index in [1.807, 2.05) is 42.1 Å². The van der Waals surface area contributed by atoms with Gasteiger partial charge in [-0.1, -0.05) is 25.1 Å². The number of hydrogen-bond donors (Lipinski definition) is 2. The molecule has 1 unspecified atom stereocenters. The van der Waals surface area contributed by atoms with Crippen LogP contribution in [0.25, 0.3) is 10.9 Å². The highest BCUT2D eigenvalue weighted by Crippen LogP contribution is 2.14. The number of aromatic amines is 1. The van der Waals surface area contributed by atoms with E-state index in [4.69, 9.17) is 0 Å². The third-order valence-corrected chi connectivity index (χ3v) is 3.98. The third-order valence-electron chi connectivity index (χ3n) is 3.05. The molecule has 1 heterocycles. The van der Waals surface area contributed by atoms with Crippen molar-refractivity contribution in [3.8, 4) is 0 Å². The Bertz CT molecular complexity index is 517. The zero-order chi connectivity index (χ0) is 13.7. The van der Waals surface area contributed by atoms with Crippen LogP contribution >= 0.6 is 11.8 Å². The number of H-pyrrole nitrogens is 1. The Morgan fingerprint density at radius 3 is 2.95 bits per heavy atom. The van der Waals surface area contributed by atoms with Crippen LogP contribution in [0.5, 0.6) is 0 Å². The molecule has 102 valence electrons. The summed E-state index contributed by atoms with van der Waals surface area (Å²) in [5.41, 5.74) is 1.64. The SMILES string of the molecule is CCSCCC(C)NC(=O)c1cc2ccccc2[nH]1. The first-order chi connectivity index (χ1) is 9.20. The fraction of sp³-hybridized carbons (Fsp3) is 0.400. The Hall–Kier alpha value is -1.42. The first-order valence-corrected chi connectivity index (χ1v) is 7.82. The highest BCUT2D eigenvalue weighted by Gasteiger charge is 2.11. The molecule has 0 spiro atoms. The van der Waals surface area contributed by atoms with Crippen molar-refractivity contribution in [3.05, 3.63) is 36.0 Å². The van der Waals surface area contributed by atoms with Gasteiger partial charge in [0.25, 0.3) is 5.91 Å². The average molecular weight is 276 g/mol. The lowest BCUT2D eigenvalue weighted by Crippen LogP contribution is -2.33. The maximum absolute atomic E-state index is 12.1. The van der Waals surface area contributed by atoms with E-state index < -0.39 is 0 Å². The van der Waals surface area contributed by atoms with Crippen LogP contribution in [0.15, 0.2) is 30.3 Å². The molecule has 1 amide bonds. The monoisotopic (exact) mass is 276 g/mol. The topological polar surface area (TPSA) is 44.9 Å². The predicted molar refractivity (Wildman–Crippen MR) is 82.8 cm³/mol. The van der Waals surface area contributed by atoms with Gasteiger partial charge in [0, 0.05) is 16.9 Å². The highest BCUT2D eigenvalue weighted by molar-refractivity contribution is 7.99. The number of rotatable bonds is 6. The summed E-state index contributed by atoms with van der Waals surface area (Å²) in [6.45, 7) is 4.20. The summed E-state index contributed by atoms with van der Waals surface area (Å²) in [5, 5.41) is 4.10. The zero-order valence-electron chi connectivity index (χ0n) is 11.4. The average Bonchev–Trinajstić information content (AvgIpc) is 2.83. The molecule has 0 bridgehead atoms. The number of amides is 1. The summed E-state index contributed by atoms with van der Waals surface area (Å²) in [5.74, 6) is 2.19. The van der Waals surface area contributed by atoms with Gasteiger partial charge in [0.1, 0.15) is 5.69 Å². The normalized spacial score (nSPS) is 12.5. The molecule has 0 fully saturated rings. The molecule has 1 aromatic carbocycles. The van der Waals surface area contributed by atoms with Gasteiger partial charge in [0.05, 0.1) is 0 Å². The minimum absolute atomic E-state index is 0.0230. The molecule has 0 radical (unpaired) electrons. The number of carbonyl (C=O) groups excluding carboxylic acids is 1. The van der Waals surface area contributed by atoms with Crippen LogP contribution < -0.4 is 5.32 Å². The number of para-hydroxylation sites is 1. The minimum Gasteiger partial charge on any atom is -0.351 e. The lowest BCUT2D eigenvalue weighted by molar-refractivity contribution is 0.0935. The van der Waals surface area contributed by atoms with Crippen molar-refractivity contribution in [2.45, 2.75) is 26.3 Å². The summed E-state index contributed by atoms with van der Waals surface area (Å²) >= 11 is 1.90. The Kier molecular flexibility index (Phi) is 4.91. The first kappa shape index (κ1) is 14.0. The molecule has 0 aliphatic heterocycles. The molecule has 1 atom stereocenters. The van der Waals surface area contributed by atoms with E-state index in [1.54, 1.807) is 0 Å². The number of aromatic nitrogens is 1. The lowest BCUT2D eigenvalue weighted by atomic mass is 10.2. The quantitative estimate of drug-likeness (QED) is 0.794. The molecule has 0 saturated heterocycles. The van der Waals surface area contributed by atoms with Gasteiger partial charge in [0.15, 0.2) is 0 Å². The van der Waals surface area contributed by atoms with Crippen LogP contribution in [0.2, 0.25) is 0 Å². The zero-order valence-corrected chi connectivity index (χ0v) is 12.2. The molecule has 2 rings (SSSR count). The van der Waals surface area contributed by atoms with Gasteiger partial charge in [-0.2, -0.15) is 11.8 Å². The number of fused-ring (bicyclic) bond motifs is 1. The van der Waals surface area contributed by atoms with E-state index in [2.05, 4.69) is 24.1 Å². The molecule has 3 nitrogen and oxygen atoms in total. The van der Waals surface area contributed by atoms with E-state index in [9.17, 15) is 4.79 Å². The molecule has 0 aliphatic carbocycles. The molecule has 19 heavy (non-hydrogen) atoms. The predicted octanol–water partition coefficient (Wildman–Crippen LogP) is 3.43. The smallest absolute Gasteiger partial charge is 0.267 e. The van der Waals surface area contributed by atoms with Crippen LogP contribution in [-0.4, -0.2) is 28.4 Å². The Morgan fingerprint density at radius 1 is 1.42 bits per heavy atom. The highest BCUT2D eigenvalue weighted by atomic mass is 32.2. The van der Waals surface area contributed by atoms with Crippen LogP contribution in [0.3, 0.4) is 0 Å². The van der Waals surface area contributed by atoms with Gasteiger partial charge in [-0.25, -0.2) is 0 Å². The van der Waals surface area contributed by atoms with Crippen molar-refractivity contribution in [2.24, 2.45) is 0 Å². The molecule has 0 aliphatic rings. The van der Waals surface area contributed by atoms with Gasteiger partial charge in [0.2, 0.25) is 0 Å². The van der Waals surface area contributed by atoms with Crippen molar-refractivity contribution in [2.75, 3.05) is 11.5 Å². The molecular formula is C15H20N2OS. The van der Waals surface area contributed by atoms with Gasteiger partial charge in [-0.05, 0) is 37.0 Å². The summed E-state index contributed by atoms with van der Waals surface area (Å²) in [4.78, 5) is 15.3. The van der Waals surface area contributed by atoms with Crippen LogP contribution in [0.4, 0.5) is 0 Å². The lowest BCUT2D eigenvalue weighted by Gasteiger charge is -2.12. The first-order valence-electron chi connectivity index (χ1n) is 6.67. The number of hydrogen-bond acceptors (Lipinski definition) is 2. The Morgan fingerprint density at radius 2 is 2.21 bits per heavy atom. The van der Waals surface area contributed by atoms with Crippen molar-refractivity contribution in [1.82, 2.24) is 10.3 Å². The second kappa shape index (κ2) is 6.66. The number of thioether (sulfide) groups is 1. The van der Waals surface area contributed by atoms with Crippen molar-refractivity contribution < 1.29 is 4.79 Å². The number of benzene rings is 1. The second-order valence-corrected chi connectivity index (χ2v) is 6.02. The number of nitrogens with one attached hydrogen (secondary N) is 2. The summed E-state index contributed by atoms with van der Waals surface area (Å²) < 4.78 is 0. The van der Waals surface area contributed by atoms with Crippen LogP contribution in [-0.2, 0) is 0 Å². The van der Waals surface area contributed by atoms with Crippen LogP contribution in [0, 0.1) is 0 Å². The molecule has 4 heteroatoms. The fourth-order valence-corrected chi connectivity index (χ4v) is 2.78. The maximum Gasteiger partial charge on any atom is 0.267 e. The summed E-state index contributed by atoms with van der Waals surface area (Å²) in [6, 6.07) is 10.0. The fourth-order valence-electron chi connectivity index (χ4n) is 1.97. The van der Waals surface area contributed by atoms with E-state index in [0.717, 1.165) is 28.8 Å².